The Kier molecular flexibility index (Phi) is 7.55. The number of rotatable bonds is 6. The number of fused-ring (bicyclic) bond motifs is 2. The Labute approximate surface area is 261 Å². The minimum Gasteiger partial charge on any atom is -0.457 e. The van der Waals surface area contributed by atoms with Gasteiger partial charge in [0.15, 0.2) is 0 Å². The highest BCUT2D eigenvalue weighted by Gasteiger charge is 2.30. The standard InChI is InChI=1S/C36H30FN3O4S/c37-31-19-16-26(40-20-7-21-45(40,42)43)23-33(31)39-36(41)34-29-11-4-5-13-32(29)38-35-25(8-6-12-30(34)35)22-24-14-17-28(18-15-24)44-27-9-2-1-3-10-27/h1-5,9-11,13-19,22-23H,6-8,12,20-21H2,(H,39,41)/b25-22-. The van der Waals surface area contributed by atoms with Crippen LogP contribution in [-0.4, -0.2) is 31.6 Å². The summed E-state index contributed by atoms with van der Waals surface area (Å²) in [4.78, 5) is 19.0. The Morgan fingerprint density at radius 1 is 0.889 bits per heavy atom. The van der Waals surface area contributed by atoms with Crippen molar-refractivity contribution >= 4 is 49.9 Å². The van der Waals surface area contributed by atoms with Crippen LogP contribution in [0.2, 0.25) is 0 Å². The number of anilines is 2. The van der Waals surface area contributed by atoms with Crippen LogP contribution < -0.4 is 14.4 Å². The molecule has 45 heavy (non-hydrogen) atoms. The summed E-state index contributed by atoms with van der Waals surface area (Å²) in [6.45, 7) is 0.321. The van der Waals surface area contributed by atoms with E-state index in [-0.39, 0.29) is 11.4 Å². The van der Waals surface area contributed by atoms with Crippen LogP contribution in [0.1, 0.15) is 46.4 Å². The van der Waals surface area contributed by atoms with Gasteiger partial charge in [0.2, 0.25) is 10.0 Å². The zero-order valence-electron chi connectivity index (χ0n) is 24.4. The van der Waals surface area contributed by atoms with Gasteiger partial charge < -0.3 is 10.1 Å². The number of para-hydroxylation sites is 2. The van der Waals surface area contributed by atoms with E-state index in [1.165, 1.54) is 22.5 Å². The zero-order valence-corrected chi connectivity index (χ0v) is 25.2. The number of hydrogen-bond donors (Lipinski definition) is 1. The molecule has 1 N–H and O–H groups in total. The molecule has 2 heterocycles. The molecule has 0 unspecified atom stereocenters. The number of ether oxygens (including phenoxy) is 1. The maximum absolute atomic E-state index is 15.0. The van der Waals surface area contributed by atoms with E-state index < -0.39 is 21.7 Å². The highest BCUT2D eigenvalue weighted by Crippen LogP contribution is 2.37. The van der Waals surface area contributed by atoms with Gasteiger partial charge in [0.1, 0.15) is 17.3 Å². The summed E-state index contributed by atoms with van der Waals surface area (Å²) >= 11 is 0. The van der Waals surface area contributed by atoms with Crippen LogP contribution in [0.4, 0.5) is 15.8 Å². The summed E-state index contributed by atoms with van der Waals surface area (Å²) in [5.74, 6) is 0.432. The first-order valence-electron chi connectivity index (χ1n) is 14.9. The van der Waals surface area contributed by atoms with Gasteiger partial charge in [0.25, 0.3) is 5.91 Å². The van der Waals surface area contributed by atoms with E-state index in [1.54, 1.807) is 0 Å². The van der Waals surface area contributed by atoms with Crippen LogP contribution in [-0.2, 0) is 16.4 Å². The maximum Gasteiger partial charge on any atom is 0.256 e. The lowest BCUT2D eigenvalue weighted by Crippen LogP contribution is -2.25. The molecular formula is C36H30FN3O4S. The van der Waals surface area contributed by atoms with Crippen molar-refractivity contribution in [2.75, 3.05) is 21.9 Å². The molecule has 0 atom stereocenters. The molecule has 4 aromatic carbocycles. The quantitative estimate of drug-likeness (QED) is 0.209. The monoisotopic (exact) mass is 619 g/mol. The molecule has 0 bridgehead atoms. The highest BCUT2D eigenvalue weighted by molar-refractivity contribution is 7.93. The number of sulfonamides is 1. The van der Waals surface area contributed by atoms with Crippen molar-refractivity contribution in [3.05, 3.63) is 125 Å². The van der Waals surface area contributed by atoms with Crippen molar-refractivity contribution in [1.82, 2.24) is 4.98 Å². The average Bonchev–Trinajstić information content (AvgIpc) is 3.41. The van der Waals surface area contributed by atoms with Gasteiger partial charge in [-0.05, 0) is 97.0 Å². The van der Waals surface area contributed by atoms with Gasteiger partial charge in [0, 0.05) is 11.9 Å². The first-order chi connectivity index (χ1) is 21.9. The van der Waals surface area contributed by atoms with E-state index >= 15 is 4.39 Å². The second-order valence-corrected chi connectivity index (χ2v) is 13.2. The molecule has 7 nitrogen and oxygen atoms in total. The smallest absolute Gasteiger partial charge is 0.256 e. The Morgan fingerprint density at radius 3 is 2.42 bits per heavy atom. The number of carbonyl (C=O) groups excluding carboxylic acids is 1. The summed E-state index contributed by atoms with van der Waals surface area (Å²) < 4.78 is 47.2. The minimum absolute atomic E-state index is 0.0443. The van der Waals surface area contributed by atoms with Crippen LogP contribution in [0.3, 0.4) is 0 Å². The molecule has 0 spiro atoms. The number of nitrogens with zero attached hydrogens (tertiary/aromatic N) is 2. The number of benzene rings is 4. The molecule has 226 valence electrons. The van der Waals surface area contributed by atoms with Crippen LogP contribution in [0.25, 0.3) is 22.6 Å². The fourth-order valence-electron chi connectivity index (χ4n) is 6.07. The molecule has 9 heteroatoms. The highest BCUT2D eigenvalue weighted by atomic mass is 32.2. The Morgan fingerprint density at radius 2 is 1.64 bits per heavy atom. The van der Waals surface area contributed by atoms with Gasteiger partial charge in [0.05, 0.1) is 33.9 Å². The van der Waals surface area contributed by atoms with Crippen molar-refractivity contribution in [3.63, 3.8) is 0 Å². The molecular weight excluding hydrogens is 589 g/mol. The van der Waals surface area contributed by atoms with Crippen molar-refractivity contribution in [2.45, 2.75) is 25.7 Å². The van der Waals surface area contributed by atoms with Gasteiger partial charge in [-0.2, -0.15) is 0 Å². The first-order valence-corrected chi connectivity index (χ1v) is 16.5. The zero-order chi connectivity index (χ0) is 31.0. The van der Waals surface area contributed by atoms with Gasteiger partial charge in [-0.15, -0.1) is 0 Å². The minimum atomic E-state index is -3.46. The SMILES string of the molecule is O=C(Nc1cc(N2CCCS2(=O)=O)ccc1F)c1c2c(nc3ccccc13)/C(=C\c1ccc(Oc3ccccc3)cc1)CCC2. The van der Waals surface area contributed by atoms with Crippen molar-refractivity contribution in [1.29, 1.82) is 0 Å². The van der Waals surface area contributed by atoms with E-state index in [1.807, 2.05) is 78.9 Å². The summed E-state index contributed by atoms with van der Waals surface area (Å²) in [6.07, 6.45) is 4.85. The number of halogens is 1. The largest absolute Gasteiger partial charge is 0.457 e. The summed E-state index contributed by atoms with van der Waals surface area (Å²) in [7, 11) is -3.46. The molecule has 1 aromatic heterocycles. The fourth-order valence-corrected chi connectivity index (χ4v) is 7.63. The van der Waals surface area contributed by atoms with Crippen molar-refractivity contribution in [2.24, 2.45) is 0 Å². The average molecular weight is 620 g/mol. The maximum atomic E-state index is 15.0. The third-order valence-corrected chi connectivity index (χ3v) is 10.1. The predicted molar refractivity (Wildman–Crippen MR) is 176 cm³/mol. The van der Waals surface area contributed by atoms with E-state index in [0.29, 0.717) is 41.5 Å². The Balaban J connectivity index is 1.23. The summed E-state index contributed by atoms with van der Waals surface area (Å²) in [6, 6.07) is 28.9. The second kappa shape index (κ2) is 11.8. The lowest BCUT2D eigenvalue weighted by atomic mass is 9.85. The molecule has 2 aliphatic rings. The van der Waals surface area contributed by atoms with E-state index in [4.69, 9.17) is 9.72 Å². The normalized spacial score (nSPS) is 16.5. The molecule has 1 saturated heterocycles. The lowest BCUT2D eigenvalue weighted by Gasteiger charge is -2.23. The number of carbonyl (C=O) groups is 1. The number of allylic oxidation sites excluding steroid dienone is 1. The molecule has 1 aliphatic carbocycles. The molecule has 0 radical (unpaired) electrons. The molecule has 5 aromatic rings. The van der Waals surface area contributed by atoms with Crippen molar-refractivity contribution < 1.29 is 22.3 Å². The first kappa shape index (κ1) is 28.7. The third kappa shape index (κ3) is 5.79. The van der Waals surface area contributed by atoms with Crippen LogP contribution in [0.15, 0.2) is 97.1 Å². The second-order valence-electron chi connectivity index (χ2n) is 11.2. The molecule has 1 aliphatic heterocycles. The number of pyridine rings is 1. The molecule has 1 fully saturated rings. The van der Waals surface area contributed by atoms with E-state index in [0.717, 1.165) is 46.7 Å². The molecule has 0 saturated carbocycles. The number of nitrogens with one attached hydrogen (secondary N) is 1. The molecule has 7 rings (SSSR count). The van der Waals surface area contributed by atoms with Gasteiger partial charge in [-0.3, -0.25) is 9.10 Å². The molecule has 1 amide bonds. The van der Waals surface area contributed by atoms with Crippen LogP contribution in [0.5, 0.6) is 11.5 Å². The topological polar surface area (TPSA) is 88.6 Å². The number of aromatic nitrogens is 1. The van der Waals surface area contributed by atoms with Crippen molar-refractivity contribution in [3.8, 4) is 11.5 Å². The van der Waals surface area contributed by atoms with Crippen LogP contribution in [0, 0.1) is 5.82 Å². The lowest BCUT2D eigenvalue weighted by molar-refractivity contribution is 0.102. The van der Waals surface area contributed by atoms with E-state index in [2.05, 4.69) is 11.4 Å². The Hall–Kier alpha value is -5.02. The number of amides is 1. The van der Waals surface area contributed by atoms with Gasteiger partial charge >= 0.3 is 0 Å². The van der Waals surface area contributed by atoms with E-state index in [9.17, 15) is 13.2 Å². The van der Waals surface area contributed by atoms with Crippen LogP contribution >= 0.6 is 0 Å². The summed E-state index contributed by atoms with van der Waals surface area (Å²) in [5, 5.41) is 3.43. The number of hydrogen-bond acceptors (Lipinski definition) is 5. The van der Waals surface area contributed by atoms with Gasteiger partial charge in [-0.1, -0.05) is 48.5 Å². The Bertz CT molecular complexity index is 2060. The fraction of sp³-hybridized carbons (Fsp3) is 0.167. The predicted octanol–water partition coefficient (Wildman–Crippen LogP) is 7.84. The summed E-state index contributed by atoms with van der Waals surface area (Å²) in [5.41, 5.74) is 4.94. The third-order valence-electron chi connectivity index (χ3n) is 8.18. The van der Waals surface area contributed by atoms with Gasteiger partial charge in [-0.25, -0.2) is 17.8 Å².